The first-order valence-corrected chi connectivity index (χ1v) is 5.67. The molecule has 0 bridgehead atoms. The maximum atomic E-state index is 11.1. The van der Waals surface area contributed by atoms with E-state index in [0.717, 1.165) is 12.8 Å². The predicted octanol–water partition coefficient (Wildman–Crippen LogP) is 2.07. The van der Waals surface area contributed by atoms with Gasteiger partial charge in [0.15, 0.2) is 5.75 Å². The zero-order valence-electron chi connectivity index (χ0n) is 8.98. The van der Waals surface area contributed by atoms with Crippen LogP contribution in [0.5, 0.6) is 11.5 Å². The highest BCUT2D eigenvalue weighted by atomic mass is 16.5. The van der Waals surface area contributed by atoms with Crippen LogP contribution in [0.1, 0.15) is 25.7 Å². The number of hydrogen-bond donors (Lipinski definition) is 1. The summed E-state index contributed by atoms with van der Waals surface area (Å²) >= 11 is 0. The van der Waals surface area contributed by atoms with Crippen LogP contribution in [-0.2, 0) is 0 Å². The Balaban J connectivity index is 1.71. The Bertz CT molecular complexity index is 469. The lowest BCUT2D eigenvalue weighted by molar-refractivity contribution is 0.0505. The second-order valence-corrected chi connectivity index (χ2v) is 4.97. The molecule has 1 N–H and O–H groups in total. The van der Waals surface area contributed by atoms with Gasteiger partial charge in [-0.25, -0.2) is 0 Å². The molecule has 0 amide bonds. The fourth-order valence-corrected chi connectivity index (χ4v) is 2.39. The van der Waals surface area contributed by atoms with Gasteiger partial charge in [-0.05, 0) is 55.4 Å². The third-order valence-corrected chi connectivity index (χ3v) is 3.64. The van der Waals surface area contributed by atoms with Crippen LogP contribution < -0.4 is 10.2 Å². The van der Waals surface area contributed by atoms with Crippen LogP contribution in [0.3, 0.4) is 0 Å². The lowest BCUT2D eigenvalue weighted by atomic mass is 9.79. The van der Waals surface area contributed by atoms with Gasteiger partial charge in [0.2, 0.25) is 5.43 Å². The van der Waals surface area contributed by atoms with E-state index in [0.29, 0.717) is 17.3 Å². The Hall–Kier alpha value is -1.51. The lowest BCUT2D eigenvalue weighted by Gasteiger charge is -2.35. The smallest absolute Gasteiger partial charge is 0.220 e. The van der Waals surface area contributed by atoms with Gasteiger partial charge in [0.1, 0.15) is 5.75 Å². The van der Waals surface area contributed by atoms with Crippen LogP contribution in [0.15, 0.2) is 29.1 Å². The van der Waals surface area contributed by atoms with Crippen LogP contribution >= 0.6 is 0 Å². The molecule has 0 heterocycles. The van der Waals surface area contributed by atoms with Gasteiger partial charge in [-0.3, -0.25) is 4.79 Å². The second kappa shape index (κ2) is 3.24. The van der Waals surface area contributed by atoms with Gasteiger partial charge in [-0.15, -0.1) is 0 Å². The number of aromatic hydroxyl groups is 1. The Morgan fingerprint density at radius 3 is 2.56 bits per heavy atom. The maximum Gasteiger partial charge on any atom is 0.220 e. The van der Waals surface area contributed by atoms with Crippen molar-refractivity contribution in [1.29, 1.82) is 0 Å². The summed E-state index contributed by atoms with van der Waals surface area (Å²) in [6.07, 6.45) is 5.27. The van der Waals surface area contributed by atoms with E-state index in [9.17, 15) is 9.90 Å². The third-order valence-electron chi connectivity index (χ3n) is 3.64. The Morgan fingerprint density at radius 1 is 1.19 bits per heavy atom. The van der Waals surface area contributed by atoms with Crippen molar-refractivity contribution in [3.63, 3.8) is 0 Å². The highest BCUT2D eigenvalue weighted by Crippen LogP contribution is 2.61. The topological polar surface area (TPSA) is 46.5 Å². The highest BCUT2D eigenvalue weighted by Gasteiger charge is 2.54. The van der Waals surface area contributed by atoms with E-state index >= 15 is 0 Å². The molecule has 2 saturated carbocycles. The summed E-state index contributed by atoms with van der Waals surface area (Å²) in [5, 5.41) is 9.23. The van der Waals surface area contributed by atoms with Crippen molar-refractivity contribution >= 4 is 0 Å². The number of hydrogen-bond acceptors (Lipinski definition) is 3. The van der Waals surface area contributed by atoms with Crippen molar-refractivity contribution in [3.05, 3.63) is 34.5 Å². The molecule has 2 aliphatic rings. The van der Waals surface area contributed by atoms with Crippen LogP contribution in [-0.4, -0.2) is 11.2 Å². The van der Waals surface area contributed by atoms with Gasteiger partial charge in [0, 0.05) is 0 Å². The molecular weight excluding hydrogens is 204 g/mol. The van der Waals surface area contributed by atoms with Gasteiger partial charge < -0.3 is 9.84 Å². The van der Waals surface area contributed by atoms with Crippen molar-refractivity contribution in [2.75, 3.05) is 0 Å². The molecule has 1 aromatic rings. The summed E-state index contributed by atoms with van der Waals surface area (Å²) in [4.78, 5) is 11.1. The number of ether oxygens (including phenoxy) is 1. The monoisotopic (exact) mass is 218 g/mol. The van der Waals surface area contributed by atoms with Gasteiger partial charge >= 0.3 is 0 Å². The Kier molecular flexibility index (Phi) is 1.96. The first kappa shape index (κ1) is 9.70. The third kappa shape index (κ3) is 1.66. The van der Waals surface area contributed by atoms with Gasteiger partial charge in [0.25, 0.3) is 0 Å². The van der Waals surface area contributed by atoms with E-state index in [4.69, 9.17) is 4.74 Å². The van der Waals surface area contributed by atoms with Gasteiger partial charge in [-0.2, -0.15) is 0 Å². The number of rotatable bonds is 2. The minimum absolute atomic E-state index is 0.234. The van der Waals surface area contributed by atoms with E-state index in [2.05, 4.69) is 0 Å². The van der Waals surface area contributed by atoms with Crippen molar-refractivity contribution < 1.29 is 9.84 Å². The minimum Gasteiger partial charge on any atom is -0.504 e. The maximum absolute atomic E-state index is 11.1. The van der Waals surface area contributed by atoms with Crippen molar-refractivity contribution in [1.82, 2.24) is 0 Å². The summed E-state index contributed by atoms with van der Waals surface area (Å²) in [5.74, 6) is 0.431. The standard InChI is InChI=1S/C13H14O3/c14-11-3-1-9(2-4-12(11)15)16-10-7-13(8-10)5-6-13/h1-4,10H,5-8H2,(H,14,15). The first-order chi connectivity index (χ1) is 7.67. The predicted molar refractivity (Wildman–Crippen MR) is 59.7 cm³/mol. The summed E-state index contributed by atoms with van der Waals surface area (Å²) < 4.78 is 5.75. The van der Waals surface area contributed by atoms with E-state index in [1.54, 1.807) is 12.1 Å². The molecule has 3 heteroatoms. The molecule has 0 aromatic heterocycles. The summed E-state index contributed by atoms with van der Waals surface area (Å²) in [6.45, 7) is 0. The molecule has 84 valence electrons. The van der Waals surface area contributed by atoms with Crippen LogP contribution in [0, 0.1) is 5.41 Å². The average molecular weight is 218 g/mol. The molecular formula is C13H14O3. The average Bonchev–Trinajstić information content (AvgIpc) is 2.99. The molecule has 1 aromatic carbocycles. The van der Waals surface area contributed by atoms with Crippen molar-refractivity contribution in [2.24, 2.45) is 5.41 Å². The zero-order valence-corrected chi connectivity index (χ0v) is 8.98. The SMILES string of the molecule is O=c1ccc(OC2CC3(CC3)C2)ccc1O. The Labute approximate surface area is 93.7 Å². The fourth-order valence-electron chi connectivity index (χ4n) is 2.39. The highest BCUT2D eigenvalue weighted by molar-refractivity contribution is 5.28. The molecule has 2 aliphatic carbocycles. The molecule has 3 rings (SSSR count). The minimum atomic E-state index is -0.373. The molecule has 3 nitrogen and oxygen atoms in total. The molecule has 0 unspecified atom stereocenters. The molecule has 1 spiro atoms. The molecule has 0 saturated heterocycles. The van der Waals surface area contributed by atoms with E-state index in [1.165, 1.54) is 25.0 Å². The molecule has 16 heavy (non-hydrogen) atoms. The molecule has 0 atom stereocenters. The molecule has 2 fully saturated rings. The quantitative estimate of drug-likeness (QED) is 0.826. The normalized spacial score (nSPS) is 21.5. The first-order valence-electron chi connectivity index (χ1n) is 5.67. The zero-order chi connectivity index (χ0) is 11.2. The van der Waals surface area contributed by atoms with Crippen LogP contribution in [0.4, 0.5) is 0 Å². The molecule has 0 aliphatic heterocycles. The second-order valence-electron chi connectivity index (χ2n) is 4.97. The lowest BCUT2D eigenvalue weighted by Crippen LogP contribution is -2.34. The largest absolute Gasteiger partial charge is 0.504 e. The van der Waals surface area contributed by atoms with Gasteiger partial charge in [-0.1, -0.05) is 0 Å². The fraction of sp³-hybridized carbons (Fsp3) is 0.462. The van der Waals surface area contributed by atoms with Crippen molar-refractivity contribution in [3.8, 4) is 11.5 Å². The van der Waals surface area contributed by atoms with Crippen LogP contribution in [0.2, 0.25) is 0 Å². The van der Waals surface area contributed by atoms with E-state index in [1.807, 2.05) is 0 Å². The summed E-state index contributed by atoms with van der Waals surface area (Å²) in [7, 11) is 0. The van der Waals surface area contributed by atoms with Gasteiger partial charge in [0.05, 0.1) is 6.10 Å². The van der Waals surface area contributed by atoms with Crippen LogP contribution in [0.25, 0.3) is 0 Å². The van der Waals surface area contributed by atoms with Crippen molar-refractivity contribution in [2.45, 2.75) is 31.8 Å². The molecule has 0 radical (unpaired) electrons. The van der Waals surface area contributed by atoms with E-state index < -0.39 is 0 Å². The summed E-state index contributed by atoms with van der Waals surface area (Å²) in [6, 6.07) is 6.01. The summed E-state index contributed by atoms with van der Waals surface area (Å²) in [5.41, 5.74) is 0.245. The Morgan fingerprint density at radius 2 is 1.88 bits per heavy atom. The van der Waals surface area contributed by atoms with E-state index in [-0.39, 0.29) is 11.2 Å².